The van der Waals surface area contributed by atoms with E-state index in [0.29, 0.717) is 96.2 Å². The Kier molecular flexibility index (Phi) is 24.6. The molecule has 4 aromatic rings. The Balaban J connectivity index is 0.803. The van der Waals surface area contributed by atoms with Gasteiger partial charge in [0.25, 0.3) is 23.6 Å². The van der Waals surface area contributed by atoms with Crippen LogP contribution in [-0.2, 0) is 59.6 Å². The lowest BCUT2D eigenvalue weighted by Gasteiger charge is -2.28. The maximum atomic E-state index is 13.6. The average molecular weight is 1220 g/mol. The molecule has 4 heterocycles. The molecule has 3 aromatic carbocycles. The number of nitrogens with one attached hydrogen (secondary N) is 7. The van der Waals surface area contributed by atoms with Crippen molar-refractivity contribution < 1.29 is 52.7 Å². The van der Waals surface area contributed by atoms with Gasteiger partial charge in [0.15, 0.2) is 0 Å². The molecule has 0 saturated heterocycles. The van der Waals surface area contributed by atoms with Gasteiger partial charge in [0, 0.05) is 124 Å². The summed E-state index contributed by atoms with van der Waals surface area (Å²) in [6, 6.07) is 18.1. The number of unbranched alkanes of at least 4 members (excludes halogenated alkanes) is 2. The molecule has 0 spiro atoms. The number of imide groups is 1. The van der Waals surface area contributed by atoms with Gasteiger partial charge < -0.3 is 58.3 Å². The van der Waals surface area contributed by atoms with Crippen molar-refractivity contribution in [1.29, 1.82) is 0 Å². The maximum absolute atomic E-state index is 13.6. The number of pyridine rings is 1. The van der Waals surface area contributed by atoms with E-state index in [2.05, 4.69) is 52.1 Å². The molecular weight excluding hydrogens is 1140 g/mol. The summed E-state index contributed by atoms with van der Waals surface area (Å²) in [5.41, 5.74) is 18.5. The van der Waals surface area contributed by atoms with Gasteiger partial charge in [-0.2, -0.15) is 0 Å². The van der Waals surface area contributed by atoms with Crippen LogP contribution >= 0.6 is 0 Å². The number of aliphatic imine (C=N–C) groups is 1. The van der Waals surface area contributed by atoms with Crippen LogP contribution in [0.5, 0.6) is 0 Å². The van der Waals surface area contributed by atoms with Crippen LogP contribution in [-0.4, -0.2) is 143 Å². The molecule has 472 valence electrons. The lowest BCUT2D eigenvalue weighted by molar-refractivity contribution is -0.137. The Bertz CT molecular complexity index is 3330. The van der Waals surface area contributed by atoms with Gasteiger partial charge in [0.2, 0.25) is 23.6 Å². The van der Waals surface area contributed by atoms with Crippen LogP contribution in [0.25, 0.3) is 6.08 Å². The van der Waals surface area contributed by atoms with Gasteiger partial charge in [-0.15, -0.1) is 0 Å². The Hall–Kier alpha value is -9.78. The van der Waals surface area contributed by atoms with E-state index in [1.807, 2.05) is 32.0 Å². The van der Waals surface area contributed by atoms with Crippen molar-refractivity contribution in [3.8, 4) is 0 Å². The highest BCUT2D eigenvalue weighted by Crippen LogP contribution is 2.30. The van der Waals surface area contributed by atoms with E-state index in [1.165, 1.54) is 12.2 Å². The largest absolute Gasteiger partial charge is 0.445 e. The number of alkyl carbamates (subject to hydrolysis) is 1. The number of fused-ring (bicyclic) bond motifs is 2. The molecule has 25 nitrogen and oxygen atoms in total. The summed E-state index contributed by atoms with van der Waals surface area (Å²) < 4.78 is 5.36. The van der Waals surface area contributed by atoms with Crippen LogP contribution in [0.2, 0.25) is 0 Å². The number of carbonyl (C=O) groups excluding carboxylic acids is 10. The Labute approximate surface area is 517 Å². The number of nitrogens with two attached hydrogens (primary N) is 2. The molecule has 3 aliphatic heterocycles. The third-order valence-corrected chi connectivity index (χ3v) is 15.0. The Morgan fingerprint density at radius 3 is 2.18 bits per heavy atom. The quantitative estimate of drug-likeness (QED) is 0.0243. The molecule has 0 fully saturated rings. The fraction of sp³-hybridized carbons (Fsp3) is 0.406. The predicted molar refractivity (Wildman–Crippen MR) is 335 cm³/mol. The highest BCUT2D eigenvalue weighted by atomic mass is 16.5. The number of anilines is 2. The zero-order chi connectivity index (χ0) is 64.0. The van der Waals surface area contributed by atoms with Crippen LogP contribution < -0.4 is 48.7 Å². The number of primary amides is 1. The molecule has 11 amide bonds. The first-order valence-electron chi connectivity index (χ1n) is 30.1. The van der Waals surface area contributed by atoms with Crippen molar-refractivity contribution in [2.24, 2.45) is 22.4 Å². The van der Waals surface area contributed by atoms with Gasteiger partial charge in [-0.3, -0.25) is 53.1 Å². The highest BCUT2D eigenvalue weighted by Gasteiger charge is 2.30. The Morgan fingerprint density at radius 2 is 1.47 bits per heavy atom. The lowest BCUT2D eigenvalue weighted by Crippen LogP contribution is -2.54. The fourth-order valence-electron chi connectivity index (χ4n) is 10.2. The molecule has 7 rings (SSSR count). The van der Waals surface area contributed by atoms with Crippen molar-refractivity contribution in [3.05, 3.63) is 136 Å². The molecule has 1 aromatic heterocycles. The SMILES string of the molecule is CCCN(CC)C(=O)C1=Cc2ccc(C(=O)Nc3cnc4c(c3)CN(Cc3ccc(C(=O)NCCNC(=O)OCc5ccc(NC(=O)[C@H](CCCNC(N)=O)NC(=O)[C@@H](NC(=O)CCCCCN6C(=O)C=CC6=O)C(C)C)cc5)cc3)CC4)cc2N=C(N)C1. The minimum atomic E-state index is -1.07. The smallest absolute Gasteiger partial charge is 0.407 e. The topological polar surface area (TPSA) is 351 Å². The van der Waals surface area contributed by atoms with E-state index in [1.54, 1.807) is 85.6 Å². The summed E-state index contributed by atoms with van der Waals surface area (Å²) in [6.45, 7) is 11.2. The first-order valence-corrected chi connectivity index (χ1v) is 30.1. The number of nitrogens with zero attached hydrogens (tertiary/aromatic N) is 5. The summed E-state index contributed by atoms with van der Waals surface area (Å²) in [6.07, 6.45) is 9.03. The van der Waals surface area contributed by atoms with Crippen LogP contribution in [0.1, 0.15) is 128 Å². The molecule has 11 N–H and O–H groups in total. The molecular formula is C64H80N14O11. The summed E-state index contributed by atoms with van der Waals surface area (Å²) >= 11 is 0. The maximum Gasteiger partial charge on any atom is 0.407 e. The monoisotopic (exact) mass is 1220 g/mol. The van der Waals surface area contributed by atoms with E-state index in [9.17, 15) is 47.9 Å². The molecule has 0 unspecified atom stereocenters. The number of benzene rings is 3. The van der Waals surface area contributed by atoms with Crippen LogP contribution in [0.15, 0.2) is 102 Å². The minimum absolute atomic E-state index is 0.0775. The van der Waals surface area contributed by atoms with Gasteiger partial charge >= 0.3 is 12.1 Å². The first kappa shape index (κ1) is 66.7. The lowest BCUT2D eigenvalue weighted by atomic mass is 10.0. The molecule has 3 aliphatic rings. The summed E-state index contributed by atoms with van der Waals surface area (Å²) in [5, 5.41) is 19.1. The van der Waals surface area contributed by atoms with Crippen molar-refractivity contribution in [3.63, 3.8) is 0 Å². The van der Waals surface area contributed by atoms with Gasteiger partial charge in [-0.1, -0.05) is 57.5 Å². The third-order valence-electron chi connectivity index (χ3n) is 15.0. The standard InChI is InChI=1S/C64H80N14O11/c1-5-29-77(6-2)62(86)46-32-44-19-20-45(34-52(44)73-53(65)35-46)59(83)72-49-33-47-38-76(31-25-50(47)70-36-49)37-41-13-17-43(18-14-41)58(82)67-27-28-69-64(88)89-39-42-15-21-48(22-16-42)71-60(84)51(11-10-26-68-63(66)87)74-61(85)57(40(3)4)75-54(79)12-8-7-9-30-78-55(80)23-24-56(78)81/h13-24,32-34,36,40,51,57H,5-12,25-31,35,37-39H2,1-4H3,(H2,65,73)(H,67,82)(H,69,88)(H,71,84)(H,72,83)(H,74,85)(H,75,79)(H3,66,68,87)/t51-,57-/m0/s1. The number of hydrogen-bond acceptors (Lipinski definition) is 15. The second kappa shape index (κ2) is 32.8. The van der Waals surface area contributed by atoms with Gasteiger partial charge in [-0.05, 0) is 110 Å². The average Bonchev–Trinajstić information content (AvgIpc) is 2.35. The second-order valence-electron chi connectivity index (χ2n) is 22.3. The van der Waals surface area contributed by atoms with Crippen LogP contribution in [0.4, 0.5) is 26.7 Å². The molecule has 25 heteroatoms. The summed E-state index contributed by atoms with van der Waals surface area (Å²) in [5.74, 6) is -3.01. The van der Waals surface area contributed by atoms with Crippen molar-refractivity contribution >= 4 is 88.4 Å². The number of amides is 11. The van der Waals surface area contributed by atoms with Crippen molar-refractivity contribution in [1.82, 2.24) is 46.3 Å². The molecule has 2 atom stereocenters. The predicted octanol–water partition coefficient (Wildman–Crippen LogP) is 5.08. The fourth-order valence-corrected chi connectivity index (χ4v) is 10.2. The highest BCUT2D eigenvalue weighted by molar-refractivity contribution is 6.13. The first-order chi connectivity index (χ1) is 42.8. The molecule has 89 heavy (non-hydrogen) atoms. The number of amidine groups is 1. The van der Waals surface area contributed by atoms with E-state index < -0.39 is 36.0 Å². The normalized spacial score (nSPS) is 14.2. The van der Waals surface area contributed by atoms with Gasteiger partial charge in [0.05, 0.1) is 17.6 Å². The second-order valence-corrected chi connectivity index (χ2v) is 22.3. The number of hydrogen-bond donors (Lipinski definition) is 9. The minimum Gasteiger partial charge on any atom is -0.445 e. The van der Waals surface area contributed by atoms with Crippen LogP contribution in [0, 0.1) is 5.92 Å². The third kappa shape index (κ3) is 20.1. The van der Waals surface area contributed by atoms with Crippen molar-refractivity contribution in [2.75, 3.05) is 56.4 Å². The Morgan fingerprint density at radius 1 is 0.753 bits per heavy atom. The zero-order valence-corrected chi connectivity index (χ0v) is 50.8. The van der Waals surface area contributed by atoms with Crippen LogP contribution in [0.3, 0.4) is 0 Å². The number of aromatic nitrogens is 1. The number of urea groups is 1. The number of ether oxygens (including phenoxy) is 1. The number of carbonyl (C=O) groups is 10. The summed E-state index contributed by atoms with van der Waals surface area (Å²) in [7, 11) is 0. The van der Waals surface area contributed by atoms with Gasteiger partial charge in [0.1, 0.15) is 24.5 Å². The summed E-state index contributed by atoms with van der Waals surface area (Å²) in [4.78, 5) is 142. The van der Waals surface area contributed by atoms with Crippen molar-refractivity contribution in [2.45, 2.75) is 117 Å². The van der Waals surface area contributed by atoms with E-state index in [-0.39, 0.29) is 99.8 Å². The number of rotatable bonds is 30. The molecule has 0 aliphatic carbocycles. The molecule has 0 bridgehead atoms. The van der Waals surface area contributed by atoms with Gasteiger partial charge in [-0.25, -0.2) is 14.6 Å². The van der Waals surface area contributed by atoms with E-state index >= 15 is 0 Å². The molecule has 0 saturated carbocycles. The zero-order valence-electron chi connectivity index (χ0n) is 50.8. The number of likely N-dealkylation sites (N-methyl/N-ethyl adjacent to an activating group) is 1. The van der Waals surface area contributed by atoms with E-state index in [4.69, 9.17) is 16.2 Å². The molecule has 0 radical (unpaired) electrons. The van der Waals surface area contributed by atoms with E-state index in [0.717, 1.165) is 41.1 Å².